The summed E-state index contributed by atoms with van der Waals surface area (Å²) in [6.07, 6.45) is 0.152. The van der Waals surface area contributed by atoms with Crippen molar-refractivity contribution in [1.82, 2.24) is 0 Å². The number of rotatable bonds is 4. The Morgan fingerprint density at radius 3 is 2.47 bits per heavy atom. The van der Waals surface area contributed by atoms with E-state index in [1.165, 1.54) is 24.3 Å². The molecule has 5 nitrogen and oxygen atoms in total. The number of nitrogens with zero attached hydrogens (tertiary/aromatic N) is 1. The molecule has 1 rings (SSSR count). The Hall–Kier alpha value is -2.35. The molecule has 0 saturated heterocycles. The lowest BCUT2D eigenvalue weighted by molar-refractivity contribution is -0.119. The van der Waals surface area contributed by atoms with Crippen molar-refractivity contribution in [2.45, 2.75) is 13.3 Å². The van der Waals surface area contributed by atoms with E-state index >= 15 is 0 Å². The Morgan fingerprint density at radius 2 is 2.00 bits per heavy atom. The molecule has 0 aliphatic rings. The van der Waals surface area contributed by atoms with Crippen LogP contribution in [0.4, 0.5) is 5.69 Å². The van der Waals surface area contributed by atoms with E-state index in [0.29, 0.717) is 5.69 Å². The minimum absolute atomic E-state index is 0.152. The Bertz CT molecular complexity index is 460. The first-order valence-electron chi connectivity index (χ1n) is 5.05. The van der Waals surface area contributed by atoms with Gasteiger partial charge < -0.3 is 10.4 Å². The molecule has 17 heavy (non-hydrogen) atoms. The highest BCUT2D eigenvalue weighted by Gasteiger charge is 2.12. The lowest BCUT2D eigenvalue weighted by Gasteiger charge is -2.08. The van der Waals surface area contributed by atoms with Crippen molar-refractivity contribution in [3.63, 3.8) is 0 Å². The quantitative estimate of drug-likeness (QED) is 0.829. The maximum Gasteiger partial charge on any atom is 0.335 e. The van der Waals surface area contributed by atoms with Gasteiger partial charge in [-0.3, -0.25) is 4.79 Å². The molecule has 88 valence electrons. The smallest absolute Gasteiger partial charge is 0.335 e. The third-order valence-corrected chi connectivity index (χ3v) is 2.24. The summed E-state index contributed by atoms with van der Waals surface area (Å²) in [4.78, 5) is 22.1. The van der Waals surface area contributed by atoms with Crippen molar-refractivity contribution >= 4 is 17.6 Å². The molecule has 1 aromatic carbocycles. The van der Waals surface area contributed by atoms with Crippen LogP contribution in [-0.4, -0.2) is 17.0 Å². The zero-order chi connectivity index (χ0) is 12.8. The number of nitriles is 1. The number of carboxylic acid groups (broad SMARTS) is 1. The number of benzene rings is 1. The summed E-state index contributed by atoms with van der Waals surface area (Å²) in [5.41, 5.74) is 0.679. The molecule has 2 N–H and O–H groups in total. The van der Waals surface area contributed by atoms with Crippen molar-refractivity contribution in [3.8, 4) is 6.07 Å². The number of carboxylic acids is 1. The van der Waals surface area contributed by atoms with Crippen LogP contribution in [0.5, 0.6) is 0 Å². The highest BCUT2D eigenvalue weighted by Crippen LogP contribution is 2.12. The van der Waals surface area contributed by atoms with Gasteiger partial charge in [0.15, 0.2) is 0 Å². The summed E-state index contributed by atoms with van der Waals surface area (Å²) in [5.74, 6) is -1.66. The third-order valence-electron chi connectivity index (χ3n) is 2.24. The fraction of sp³-hybridized carbons (Fsp3) is 0.250. The summed E-state index contributed by atoms with van der Waals surface area (Å²) in [7, 11) is 0. The molecular formula is C12H12N2O3. The standard InChI is InChI=1S/C12H12N2O3/c1-8(6-7-13)11(15)14-10-4-2-9(3-5-10)12(16)17/h2-5,8H,6H2,1H3,(H,14,15)(H,16,17). The topological polar surface area (TPSA) is 90.2 Å². The molecule has 0 bridgehead atoms. The number of anilines is 1. The van der Waals surface area contributed by atoms with Crippen molar-refractivity contribution < 1.29 is 14.7 Å². The average molecular weight is 232 g/mol. The Kier molecular flexibility index (Phi) is 4.23. The Morgan fingerprint density at radius 1 is 1.41 bits per heavy atom. The van der Waals surface area contributed by atoms with E-state index in [0.717, 1.165) is 0 Å². The average Bonchev–Trinajstić information content (AvgIpc) is 2.30. The van der Waals surface area contributed by atoms with E-state index in [9.17, 15) is 9.59 Å². The molecule has 1 amide bonds. The lowest BCUT2D eigenvalue weighted by Crippen LogP contribution is -2.19. The van der Waals surface area contributed by atoms with Gasteiger partial charge in [-0.2, -0.15) is 5.26 Å². The van der Waals surface area contributed by atoms with Gasteiger partial charge >= 0.3 is 5.97 Å². The van der Waals surface area contributed by atoms with Crippen molar-refractivity contribution in [1.29, 1.82) is 5.26 Å². The van der Waals surface area contributed by atoms with Crippen molar-refractivity contribution in [2.75, 3.05) is 5.32 Å². The van der Waals surface area contributed by atoms with E-state index in [-0.39, 0.29) is 23.8 Å². The molecule has 0 saturated carbocycles. The third kappa shape index (κ3) is 3.61. The second-order valence-corrected chi connectivity index (χ2v) is 3.64. The number of carbonyl (C=O) groups is 2. The number of hydrogen-bond donors (Lipinski definition) is 2. The van der Waals surface area contributed by atoms with Crippen molar-refractivity contribution in [3.05, 3.63) is 29.8 Å². The molecule has 5 heteroatoms. The second-order valence-electron chi connectivity index (χ2n) is 3.64. The van der Waals surface area contributed by atoms with Crippen LogP contribution in [0.1, 0.15) is 23.7 Å². The molecule has 0 fully saturated rings. The minimum atomic E-state index is -1.01. The summed E-state index contributed by atoms with van der Waals surface area (Å²) in [6.45, 7) is 1.66. The first kappa shape index (κ1) is 12.7. The SMILES string of the molecule is CC(CC#N)C(=O)Nc1ccc(C(=O)O)cc1. The number of nitrogens with one attached hydrogen (secondary N) is 1. The molecule has 0 heterocycles. The number of hydrogen-bond acceptors (Lipinski definition) is 3. The van der Waals surface area contributed by atoms with Crippen LogP contribution in [0, 0.1) is 17.2 Å². The largest absolute Gasteiger partial charge is 0.478 e. The van der Waals surface area contributed by atoms with Gasteiger partial charge in [-0.25, -0.2) is 4.79 Å². The maximum absolute atomic E-state index is 11.5. The fourth-order valence-corrected chi connectivity index (χ4v) is 1.19. The van der Waals surface area contributed by atoms with E-state index in [4.69, 9.17) is 10.4 Å². The van der Waals surface area contributed by atoms with Gasteiger partial charge in [0, 0.05) is 18.0 Å². The first-order chi connectivity index (χ1) is 8.04. The van der Waals surface area contributed by atoms with Crippen LogP contribution in [0.2, 0.25) is 0 Å². The van der Waals surface area contributed by atoms with Crippen LogP contribution < -0.4 is 5.32 Å². The van der Waals surface area contributed by atoms with Gasteiger partial charge in [0.2, 0.25) is 5.91 Å². The van der Waals surface area contributed by atoms with Crippen LogP contribution in [0.25, 0.3) is 0 Å². The first-order valence-corrected chi connectivity index (χ1v) is 5.05. The van der Waals surface area contributed by atoms with Gasteiger partial charge in [0.25, 0.3) is 0 Å². The van der Waals surface area contributed by atoms with Gasteiger partial charge in [0.05, 0.1) is 11.6 Å². The molecule has 0 radical (unpaired) electrons. The molecule has 1 unspecified atom stereocenters. The molecular weight excluding hydrogens is 220 g/mol. The molecule has 0 aromatic heterocycles. The van der Waals surface area contributed by atoms with Crippen LogP contribution >= 0.6 is 0 Å². The zero-order valence-electron chi connectivity index (χ0n) is 9.30. The van der Waals surface area contributed by atoms with Crippen LogP contribution in [0.15, 0.2) is 24.3 Å². The summed E-state index contributed by atoms with van der Waals surface area (Å²) < 4.78 is 0. The number of amides is 1. The normalized spacial score (nSPS) is 11.3. The highest BCUT2D eigenvalue weighted by molar-refractivity contribution is 5.93. The maximum atomic E-state index is 11.5. The van der Waals surface area contributed by atoms with Crippen LogP contribution in [-0.2, 0) is 4.79 Å². The Labute approximate surface area is 98.7 Å². The van der Waals surface area contributed by atoms with Crippen LogP contribution in [0.3, 0.4) is 0 Å². The predicted octanol–water partition coefficient (Wildman–Crippen LogP) is 1.87. The lowest BCUT2D eigenvalue weighted by atomic mass is 10.1. The van der Waals surface area contributed by atoms with Gasteiger partial charge in [0.1, 0.15) is 0 Å². The Balaban J connectivity index is 2.67. The fourth-order valence-electron chi connectivity index (χ4n) is 1.19. The van der Waals surface area contributed by atoms with Crippen molar-refractivity contribution in [2.24, 2.45) is 5.92 Å². The van der Waals surface area contributed by atoms with E-state index in [2.05, 4.69) is 5.32 Å². The number of aromatic carboxylic acids is 1. The van der Waals surface area contributed by atoms with Gasteiger partial charge in [-0.1, -0.05) is 6.92 Å². The minimum Gasteiger partial charge on any atom is -0.478 e. The second kappa shape index (κ2) is 5.66. The monoisotopic (exact) mass is 232 g/mol. The van der Waals surface area contributed by atoms with Gasteiger partial charge in [-0.15, -0.1) is 0 Å². The van der Waals surface area contributed by atoms with E-state index < -0.39 is 5.97 Å². The molecule has 0 spiro atoms. The summed E-state index contributed by atoms with van der Waals surface area (Å²) in [6, 6.07) is 7.77. The van der Waals surface area contributed by atoms with E-state index in [1.807, 2.05) is 6.07 Å². The molecule has 0 aliphatic heterocycles. The van der Waals surface area contributed by atoms with Gasteiger partial charge in [-0.05, 0) is 24.3 Å². The number of carbonyl (C=O) groups excluding carboxylic acids is 1. The molecule has 1 atom stereocenters. The summed E-state index contributed by atoms with van der Waals surface area (Å²) in [5, 5.41) is 19.8. The molecule has 1 aromatic rings. The highest BCUT2D eigenvalue weighted by atomic mass is 16.4. The summed E-state index contributed by atoms with van der Waals surface area (Å²) >= 11 is 0. The zero-order valence-corrected chi connectivity index (χ0v) is 9.30. The van der Waals surface area contributed by atoms with E-state index in [1.54, 1.807) is 6.92 Å². The predicted molar refractivity (Wildman–Crippen MR) is 61.4 cm³/mol. The molecule has 0 aliphatic carbocycles.